The summed E-state index contributed by atoms with van der Waals surface area (Å²) in [6, 6.07) is 0.0603. The first kappa shape index (κ1) is 22.2. The summed E-state index contributed by atoms with van der Waals surface area (Å²) >= 11 is 0. The van der Waals surface area contributed by atoms with Crippen LogP contribution in [-0.4, -0.2) is 45.7 Å². The molecule has 1 aliphatic heterocycles. The van der Waals surface area contributed by atoms with Crippen LogP contribution >= 0.6 is 0 Å². The van der Waals surface area contributed by atoms with Gasteiger partial charge in [0.25, 0.3) is 0 Å². The van der Waals surface area contributed by atoms with E-state index >= 15 is 0 Å². The van der Waals surface area contributed by atoms with Crippen molar-refractivity contribution in [2.45, 2.75) is 83.8 Å². The Morgan fingerprint density at radius 1 is 1.31 bits per heavy atom. The second-order valence-electron chi connectivity index (χ2n) is 7.02. The maximum Gasteiger partial charge on any atom is 0.303 e. The van der Waals surface area contributed by atoms with Crippen molar-refractivity contribution in [2.24, 2.45) is 5.92 Å². The molecule has 1 heterocycles. The van der Waals surface area contributed by atoms with Crippen molar-refractivity contribution < 1.29 is 19.8 Å². The van der Waals surface area contributed by atoms with Gasteiger partial charge >= 0.3 is 5.97 Å². The van der Waals surface area contributed by atoms with Gasteiger partial charge < -0.3 is 15.1 Å². The maximum atomic E-state index is 12.1. The summed E-state index contributed by atoms with van der Waals surface area (Å²) in [4.78, 5) is 24.5. The predicted octanol–water partition coefficient (Wildman–Crippen LogP) is 3.37. The number of hydrogen-bond acceptors (Lipinski definition) is 3. The van der Waals surface area contributed by atoms with Crippen molar-refractivity contribution in [1.29, 1.82) is 0 Å². The lowest BCUT2D eigenvalue weighted by Crippen LogP contribution is -2.33. The summed E-state index contributed by atoms with van der Waals surface area (Å²) in [5.74, 6) is 5.57. The van der Waals surface area contributed by atoms with Crippen LogP contribution in [0.15, 0.2) is 12.2 Å². The maximum absolute atomic E-state index is 12.1. The molecule has 26 heavy (non-hydrogen) atoms. The monoisotopic (exact) mass is 363 g/mol. The number of aliphatic hydroxyl groups is 1. The lowest BCUT2D eigenvalue weighted by Gasteiger charge is -2.23. The minimum Gasteiger partial charge on any atom is -0.481 e. The van der Waals surface area contributed by atoms with Crippen molar-refractivity contribution >= 4 is 11.9 Å². The van der Waals surface area contributed by atoms with Gasteiger partial charge in [-0.3, -0.25) is 9.59 Å². The summed E-state index contributed by atoms with van der Waals surface area (Å²) in [5.41, 5.74) is 0. The van der Waals surface area contributed by atoms with Crippen LogP contribution in [0.5, 0.6) is 0 Å². The molecular formula is C21H33NO4. The quantitative estimate of drug-likeness (QED) is 0.335. The molecule has 0 radical (unpaired) electrons. The molecule has 5 nitrogen and oxygen atoms in total. The lowest BCUT2D eigenvalue weighted by molar-refractivity contribution is -0.137. The van der Waals surface area contributed by atoms with Crippen LogP contribution < -0.4 is 0 Å². The van der Waals surface area contributed by atoms with Crippen molar-refractivity contribution in [3.8, 4) is 11.8 Å². The molecule has 5 heteroatoms. The molecule has 0 aromatic carbocycles. The number of amides is 1. The van der Waals surface area contributed by atoms with Crippen molar-refractivity contribution in [3.05, 3.63) is 12.2 Å². The number of rotatable bonds is 11. The zero-order valence-corrected chi connectivity index (χ0v) is 16.1. The Balaban J connectivity index is 2.39. The van der Waals surface area contributed by atoms with Crippen LogP contribution in [-0.2, 0) is 9.59 Å². The van der Waals surface area contributed by atoms with Gasteiger partial charge in [-0.25, -0.2) is 0 Å². The van der Waals surface area contributed by atoms with Crippen LogP contribution in [0, 0.1) is 17.8 Å². The molecule has 0 aromatic heterocycles. The Morgan fingerprint density at radius 3 is 2.73 bits per heavy atom. The van der Waals surface area contributed by atoms with E-state index < -0.39 is 12.1 Å². The number of carbonyl (C=O) groups excluding carboxylic acids is 1. The number of carboxylic acids is 1. The van der Waals surface area contributed by atoms with Crippen LogP contribution in [0.2, 0.25) is 0 Å². The highest BCUT2D eigenvalue weighted by Gasteiger charge is 2.28. The van der Waals surface area contributed by atoms with Crippen LogP contribution in [0.1, 0.15) is 71.6 Å². The topological polar surface area (TPSA) is 77.8 Å². The fraction of sp³-hybridized carbons (Fsp3) is 0.714. The average molecular weight is 363 g/mol. The van der Waals surface area contributed by atoms with E-state index in [2.05, 4.69) is 11.8 Å². The molecule has 0 aliphatic carbocycles. The van der Waals surface area contributed by atoms with Gasteiger partial charge in [-0.05, 0) is 25.2 Å². The molecule has 146 valence electrons. The summed E-state index contributed by atoms with van der Waals surface area (Å²) in [6.07, 6.45) is 9.68. The van der Waals surface area contributed by atoms with E-state index in [9.17, 15) is 14.7 Å². The molecular weight excluding hydrogens is 330 g/mol. The number of nitrogens with zero attached hydrogens (tertiary/aromatic N) is 1. The molecule has 1 saturated heterocycles. The fourth-order valence-electron chi connectivity index (χ4n) is 3.07. The summed E-state index contributed by atoms with van der Waals surface area (Å²) < 4.78 is 0. The third-order valence-electron chi connectivity index (χ3n) is 4.75. The zero-order valence-electron chi connectivity index (χ0n) is 16.1. The minimum atomic E-state index is -0.751. The molecule has 2 N–H and O–H groups in total. The number of hydrogen-bond donors (Lipinski definition) is 2. The van der Waals surface area contributed by atoms with Gasteiger partial charge in [-0.15, -0.1) is 11.8 Å². The first-order valence-electron chi connectivity index (χ1n) is 9.79. The predicted molar refractivity (Wildman–Crippen MR) is 102 cm³/mol. The van der Waals surface area contributed by atoms with E-state index in [0.717, 1.165) is 32.1 Å². The second kappa shape index (κ2) is 12.5. The fourth-order valence-corrected chi connectivity index (χ4v) is 3.07. The van der Waals surface area contributed by atoms with Gasteiger partial charge in [-0.1, -0.05) is 38.8 Å². The Labute approximate surface area is 157 Å². The van der Waals surface area contributed by atoms with Gasteiger partial charge in [0.15, 0.2) is 0 Å². The van der Waals surface area contributed by atoms with Gasteiger partial charge in [-0.2, -0.15) is 0 Å². The summed E-state index contributed by atoms with van der Waals surface area (Å²) in [6.45, 7) is 4.69. The Kier molecular flexibility index (Phi) is 10.7. The molecule has 1 rings (SSSR count). The molecule has 3 atom stereocenters. The number of aliphatic hydroxyl groups excluding tert-OH is 1. The number of carbonyl (C=O) groups is 2. The molecule has 0 saturated carbocycles. The number of likely N-dealkylation sites (tertiary alicyclic amines) is 1. The van der Waals surface area contributed by atoms with Gasteiger partial charge in [0, 0.05) is 32.2 Å². The van der Waals surface area contributed by atoms with Gasteiger partial charge in [0.05, 0.1) is 12.1 Å². The highest BCUT2D eigenvalue weighted by atomic mass is 16.4. The highest BCUT2D eigenvalue weighted by molar-refractivity contribution is 5.79. The largest absolute Gasteiger partial charge is 0.481 e. The molecule has 0 bridgehead atoms. The Morgan fingerprint density at radius 2 is 2.04 bits per heavy atom. The number of unbranched alkanes of at least 4 members (excludes halogenated alkanes) is 3. The second-order valence-corrected chi connectivity index (χ2v) is 7.02. The van der Waals surface area contributed by atoms with E-state index in [1.807, 2.05) is 24.8 Å². The van der Waals surface area contributed by atoms with Crippen LogP contribution in [0.25, 0.3) is 0 Å². The lowest BCUT2D eigenvalue weighted by atomic mass is 10.00. The molecule has 0 spiro atoms. The van der Waals surface area contributed by atoms with Gasteiger partial charge in [0.2, 0.25) is 5.91 Å². The normalized spacial score (nSPS) is 19.4. The van der Waals surface area contributed by atoms with E-state index in [0.29, 0.717) is 25.8 Å². The molecule has 1 fully saturated rings. The minimum absolute atomic E-state index is 0.0603. The molecule has 0 aromatic rings. The van der Waals surface area contributed by atoms with Crippen molar-refractivity contribution in [1.82, 2.24) is 4.90 Å². The third kappa shape index (κ3) is 8.53. The molecule has 1 amide bonds. The van der Waals surface area contributed by atoms with Crippen LogP contribution in [0.4, 0.5) is 0 Å². The SMILES string of the molecule is CCC#CC[C@H](C)[C@@H](O)/C=C/[C@H]1CCC(=O)N1CCCCCCC(=O)O. The average Bonchev–Trinajstić information content (AvgIpc) is 2.95. The Hall–Kier alpha value is -1.80. The van der Waals surface area contributed by atoms with Crippen LogP contribution in [0.3, 0.4) is 0 Å². The highest BCUT2D eigenvalue weighted by Crippen LogP contribution is 2.21. The standard InChI is InChI=1S/C21H33NO4/c1-3-4-7-10-17(2)19(23)14-12-18-13-15-20(24)22(18)16-9-6-5-8-11-21(25)26/h12,14,17-19,23H,3,5-6,8-11,13,15-16H2,1-2H3,(H,25,26)/b14-12+/t17-,18-,19-/m0/s1. The zero-order chi connectivity index (χ0) is 19.4. The van der Waals surface area contributed by atoms with E-state index in [1.165, 1.54) is 0 Å². The summed E-state index contributed by atoms with van der Waals surface area (Å²) in [5, 5.41) is 18.9. The van der Waals surface area contributed by atoms with E-state index in [1.54, 1.807) is 6.08 Å². The first-order valence-corrected chi connectivity index (χ1v) is 9.79. The molecule has 0 unspecified atom stereocenters. The van der Waals surface area contributed by atoms with Crippen molar-refractivity contribution in [2.75, 3.05) is 6.54 Å². The van der Waals surface area contributed by atoms with E-state index in [4.69, 9.17) is 5.11 Å². The molecule has 1 aliphatic rings. The smallest absolute Gasteiger partial charge is 0.303 e. The number of aliphatic carboxylic acids is 1. The third-order valence-corrected chi connectivity index (χ3v) is 4.75. The van der Waals surface area contributed by atoms with E-state index in [-0.39, 0.29) is 24.3 Å². The summed E-state index contributed by atoms with van der Waals surface area (Å²) in [7, 11) is 0. The first-order chi connectivity index (χ1) is 12.5. The Bertz CT molecular complexity index is 532. The van der Waals surface area contributed by atoms with Crippen molar-refractivity contribution in [3.63, 3.8) is 0 Å². The number of carboxylic acid groups (broad SMARTS) is 1. The van der Waals surface area contributed by atoms with Gasteiger partial charge in [0.1, 0.15) is 0 Å².